The Bertz CT molecular complexity index is 461. The number of fused-ring (bicyclic) bond motifs is 1. The second-order valence-corrected chi connectivity index (χ2v) is 5.35. The molecule has 0 unspecified atom stereocenters. The Morgan fingerprint density at radius 2 is 2.26 bits per heavy atom. The van der Waals surface area contributed by atoms with E-state index in [0.717, 1.165) is 25.4 Å². The third-order valence-electron chi connectivity index (χ3n) is 3.30. The van der Waals surface area contributed by atoms with Crippen molar-refractivity contribution < 1.29 is 4.74 Å². The van der Waals surface area contributed by atoms with E-state index >= 15 is 0 Å². The quantitative estimate of drug-likeness (QED) is 0.560. The molecular formula is C15H22N2OS. The van der Waals surface area contributed by atoms with E-state index in [2.05, 4.69) is 48.1 Å². The zero-order valence-corrected chi connectivity index (χ0v) is 12.6. The molecule has 0 amide bonds. The lowest BCUT2D eigenvalue weighted by Crippen LogP contribution is -2.25. The van der Waals surface area contributed by atoms with Crippen LogP contribution in [0.5, 0.6) is 0 Å². The Morgan fingerprint density at radius 3 is 2.95 bits per heavy atom. The number of hydrogen-bond acceptors (Lipinski definition) is 3. The van der Waals surface area contributed by atoms with Gasteiger partial charge in [-0.15, -0.1) is 11.8 Å². The van der Waals surface area contributed by atoms with Crippen LogP contribution in [-0.2, 0) is 11.3 Å². The van der Waals surface area contributed by atoms with Gasteiger partial charge in [0.25, 0.3) is 0 Å². The molecule has 104 valence electrons. The SMILES string of the molecule is C=COCCn1c(N(CC)CC)cc2c1SCC=C2. The molecule has 3 nitrogen and oxygen atoms in total. The number of aromatic nitrogens is 1. The number of thioether (sulfide) groups is 1. The van der Waals surface area contributed by atoms with Crippen LogP contribution in [-0.4, -0.2) is 30.0 Å². The van der Waals surface area contributed by atoms with E-state index in [1.165, 1.54) is 22.7 Å². The molecule has 0 N–H and O–H groups in total. The Hall–Kier alpha value is -1.29. The maximum absolute atomic E-state index is 5.30. The topological polar surface area (TPSA) is 17.4 Å². The Balaban J connectivity index is 2.32. The van der Waals surface area contributed by atoms with Crippen molar-refractivity contribution in [2.45, 2.75) is 25.4 Å². The summed E-state index contributed by atoms with van der Waals surface area (Å²) in [4.78, 5) is 2.39. The van der Waals surface area contributed by atoms with E-state index in [9.17, 15) is 0 Å². The molecule has 1 aromatic rings. The van der Waals surface area contributed by atoms with Crippen molar-refractivity contribution in [3.63, 3.8) is 0 Å². The summed E-state index contributed by atoms with van der Waals surface area (Å²) in [5, 5.41) is 1.36. The molecule has 1 aromatic heterocycles. The molecule has 2 rings (SSSR count). The molecule has 0 fully saturated rings. The highest BCUT2D eigenvalue weighted by Gasteiger charge is 2.18. The van der Waals surface area contributed by atoms with Gasteiger partial charge < -0.3 is 14.2 Å². The molecule has 4 heteroatoms. The van der Waals surface area contributed by atoms with Gasteiger partial charge in [0.1, 0.15) is 12.4 Å². The highest BCUT2D eigenvalue weighted by Crippen LogP contribution is 2.35. The summed E-state index contributed by atoms with van der Waals surface area (Å²) in [6, 6.07) is 2.29. The summed E-state index contributed by atoms with van der Waals surface area (Å²) in [6.07, 6.45) is 5.97. The number of ether oxygens (including phenoxy) is 1. The van der Waals surface area contributed by atoms with Crippen molar-refractivity contribution in [2.24, 2.45) is 0 Å². The third-order valence-corrected chi connectivity index (χ3v) is 4.39. The normalized spacial score (nSPS) is 13.2. The van der Waals surface area contributed by atoms with Crippen molar-refractivity contribution in [3.8, 4) is 0 Å². The molecule has 0 atom stereocenters. The van der Waals surface area contributed by atoms with Gasteiger partial charge in [-0.1, -0.05) is 18.7 Å². The minimum atomic E-state index is 0.670. The minimum Gasteiger partial charge on any atom is -0.500 e. The summed E-state index contributed by atoms with van der Waals surface area (Å²) in [5.74, 6) is 2.35. The van der Waals surface area contributed by atoms with E-state index in [1.807, 2.05) is 11.8 Å². The summed E-state index contributed by atoms with van der Waals surface area (Å²) >= 11 is 1.90. The fourth-order valence-corrected chi connectivity index (χ4v) is 3.36. The molecule has 1 aliphatic heterocycles. The van der Waals surface area contributed by atoms with E-state index in [1.54, 1.807) is 0 Å². The van der Waals surface area contributed by atoms with Gasteiger partial charge in [-0.25, -0.2) is 0 Å². The van der Waals surface area contributed by atoms with Crippen molar-refractivity contribution in [1.82, 2.24) is 4.57 Å². The molecule has 0 aliphatic carbocycles. The Kier molecular flexibility index (Phi) is 5.02. The lowest BCUT2D eigenvalue weighted by Gasteiger charge is -2.24. The van der Waals surface area contributed by atoms with Gasteiger partial charge in [0.05, 0.1) is 17.8 Å². The maximum Gasteiger partial charge on any atom is 0.110 e. The summed E-state index contributed by atoms with van der Waals surface area (Å²) in [5.41, 5.74) is 1.33. The average molecular weight is 278 g/mol. The average Bonchev–Trinajstić information content (AvgIpc) is 2.80. The monoisotopic (exact) mass is 278 g/mol. The number of nitrogens with zero attached hydrogens (tertiary/aromatic N) is 2. The summed E-state index contributed by atoms with van der Waals surface area (Å²) in [6.45, 7) is 11.6. The second kappa shape index (κ2) is 6.75. The highest BCUT2D eigenvalue weighted by molar-refractivity contribution is 7.99. The largest absolute Gasteiger partial charge is 0.500 e. The summed E-state index contributed by atoms with van der Waals surface area (Å²) in [7, 11) is 0. The van der Waals surface area contributed by atoms with Gasteiger partial charge in [0, 0.05) is 24.4 Å². The van der Waals surface area contributed by atoms with Gasteiger partial charge in [-0.2, -0.15) is 0 Å². The van der Waals surface area contributed by atoms with Crippen LogP contribution in [0, 0.1) is 0 Å². The molecule has 0 spiro atoms. The van der Waals surface area contributed by atoms with E-state index in [-0.39, 0.29) is 0 Å². The van der Waals surface area contributed by atoms with Gasteiger partial charge in [0.15, 0.2) is 0 Å². The van der Waals surface area contributed by atoms with E-state index in [4.69, 9.17) is 4.74 Å². The zero-order chi connectivity index (χ0) is 13.7. The van der Waals surface area contributed by atoms with Gasteiger partial charge >= 0.3 is 0 Å². The molecule has 0 aromatic carbocycles. The molecular weight excluding hydrogens is 256 g/mol. The predicted molar refractivity (Wildman–Crippen MR) is 83.9 cm³/mol. The van der Waals surface area contributed by atoms with Crippen LogP contribution in [0.3, 0.4) is 0 Å². The molecule has 19 heavy (non-hydrogen) atoms. The summed E-state index contributed by atoms with van der Waals surface area (Å²) < 4.78 is 7.67. The fraction of sp³-hybridized carbons (Fsp3) is 0.467. The number of rotatable bonds is 7. The minimum absolute atomic E-state index is 0.670. The first-order chi connectivity index (χ1) is 9.31. The standard InChI is InChI=1S/C15H22N2OS/c1-4-16(5-2)14-12-13-8-7-11-19-15(13)17(14)9-10-18-6-3/h6-8,12H,3-5,9-11H2,1-2H3. The first-order valence-corrected chi connectivity index (χ1v) is 7.80. The second-order valence-electron chi connectivity index (χ2n) is 4.34. The fourth-order valence-electron chi connectivity index (χ4n) is 2.37. The smallest absolute Gasteiger partial charge is 0.110 e. The maximum atomic E-state index is 5.30. The van der Waals surface area contributed by atoms with E-state index < -0.39 is 0 Å². The van der Waals surface area contributed by atoms with Crippen LogP contribution in [0.15, 0.2) is 30.0 Å². The predicted octanol–water partition coefficient (Wildman–Crippen LogP) is 3.61. The molecule has 0 radical (unpaired) electrons. The first-order valence-electron chi connectivity index (χ1n) is 6.82. The van der Waals surface area contributed by atoms with Crippen LogP contribution < -0.4 is 4.90 Å². The van der Waals surface area contributed by atoms with Crippen molar-refractivity contribution in [3.05, 3.63) is 30.5 Å². The molecule has 1 aliphatic rings. The van der Waals surface area contributed by atoms with Crippen LogP contribution in [0.1, 0.15) is 19.4 Å². The van der Waals surface area contributed by atoms with Crippen LogP contribution >= 0.6 is 11.8 Å². The van der Waals surface area contributed by atoms with Gasteiger partial charge in [-0.3, -0.25) is 0 Å². The Labute approximate surface area is 119 Å². The number of hydrogen-bond donors (Lipinski definition) is 0. The lowest BCUT2D eigenvalue weighted by molar-refractivity contribution is 0.233. The zero-order valence-electron chi connectivity index (χ0n) is 11.8. The Morgan fingerprint density at radius 1 is 1.47 bits per heavy atom. The van der Waals surface area contributed by atoms with Crippen molar-refractivity contribution in [1.29, 1.82) is 0 Å². The number of anilines is 1. The van der Waals surface area contributed by atoms with Gasteiger partial charge in [-0.05, 0) is 19.9 Å². The van der Waals surface area contributed by atoms with Gasteiger partial charge in [0.2, 0.25) is 0 Å². The highest BCUT2D eigenvalue weighted by atomic mass is 32.2. The molecule has 0 saturated heterocycles. The van der Waals surface area contributed by atoms with Crippen LogP contribution in [0.25, 0.3) is 6.08 Å². The first kappa shape index (κ1) is 14.1. The van der Waals surface area contributed by atoms with Crippen LogP contribution in [0.2, 0.25) is 0 Å². The molecule has 2 heterocycles. The van der Waals surface area contributed by atoms with Crippen molar-refractivity contribution in [2.75, 3.05) is 30.3 Å². The molecule has 0 bridgehead atoms. The van der Waals surface area contributed by atoms with Crippen LogP contribution in [0.4, 0.5) is 5.82 Å². The molecule has 0 saturated carbocycles. The lowest BCUT2D eigenvalue weighted by atomic mass is 10.3. The van der Waals surface area contributed by atoms with E-state index in [0.29, 0.717) is 6.61 Å². The van der Waals surface area contributed by atoms with Crippen molar-refractivity contribution >= 4 is 23.7 Å². The third kappa shape index (κ3) is 3.00.